The average molecular weight is 519 g/mol. The number of nitrogens with zero attached hydrogens (tertiary/aromatic N) is 1. The minimum absolute atomic E-state index is 0.00824. The van der Waals surface area contributed by atoms with E-state index in [1.165, 1.54) is 11.1 Å². The molecule has 1 atom stereocenters. The number of hydrogen-bond acceptors (Lipinski definition) is 4. The van der Waals surface area contributed by atoms with Crippen LogP contribution in [0.2, 0.25) is 5.02 Å². The van der Waals surface area contributed by atoms with Gasteiger partial charge in [0.15, 0.2) is 0 Å². The largest absolute Gasteiger partial charge is 0.497 e. The molecule has 0 aliphatic heterocycles. The second-order valence-corrected chi connectivity index (χ2v) is 10.9. The molecule has 0 fully saturated rings. The van der Waals surface area contributed by atoms with Gasteiger partial charge in [-0.3, -0.25) is 9.69 Å². The molecule has 3 aromatic carbocycles. The molecule has 37 heavy (non-hydrogen) atoms. The highest BCUT2D eigenvalue weighted by Gasteiger charge is 2.20. The van der Waals surface area contributed by atoms with Gasteiger partial charge in [-0.2, -0.15) is 0 Å². The minimum atomic E-state index is -0.0919. The van der Waals surface area contributed by atoms with E-state index in [2.05, 4.69) is 61.8 Å². The van der Waals surface area contributed by atoms with Crippen LogP contribution in [0.5, 0.6) is 11.5 Å². The van der Waals surface area contributed by atoms with Gasteiger partial charge in [-0.15, -0.1) is 0 Å². The van der Waals surface area contributed by atoms with E-state index < -0.39 is 0 Å². The van der Waals surface area contributed by atoms with Crippen LogP contribution in [0.15, 0.2) is 71.5 Å². The Morgan fingerprint density at radius 3 is 2.27 bits per heavy atom. The van der Waals surface area contributed by atoms with Gasteiger partial charge < -0.3 is 14.5 Å². The minimum Gasteiger partial charge on any atom is -0.497 e. The van der Waals surface area contributed by atoms with Crippen molar-refractivity contribution in [3.8, 4) is 11.5 Å². The van der Waals surface area contributed by atoms with Gasteiger partial charge in [0.05, 0.1) is 19.2 Å². The Morgan fingerprint density at radius 1 is 0.919 bits per heavy atom. The molecule has 1 aromatic heterocycles. The van der Waals surface area contributed by atoms with E-state index in [1.54, 1.807) is 14.2 Å². The molecule has 6 heteroatoms. The molecule has 0 saturated heterocycles. The highest BCUT2D eigenvalue weighted by molar-refractivity contribution is 6.32. The van der Waals surface area contributed by atoms with Gasteiger partial charge in [-0.1, -0.05) is 62.7 Å². The molecule has 4 rings (SSSR count). The third-order valence-electron chi connectivity index (χ3n) is 6.91. The molecule has 4 aromatic rings. The smallest absolute Gasteiger partial charge is 0.252 e. The number of H-pyrrole nitrogens is 1. The number of hydrogen-bond donors (Lipinski definition) is 1. The normalized spacial score (nSPS) is 12.6. The van der Waals surface area contributed by atoms with Crippen LogP contribution in [0, 0.1) is 0 Å². The number of rotatable bonds is 8. The number of methoxy groups -OCH3 is 2. The quantitative estimate of drug-likeness (QED) is 0.267. The van der Waals surface area contributed by atoms with Gasteiger partial charge in [0, 0.05) is 35.6 Å². The fourth-order valence-corrected chi connectivity index (χ4v) is 4.79. The van der Waals surface area contributed by atoms with Crippen molar-refractivity contribution in [3.05, 3.63) is 104 Å². The van der Waals surface area contributed by atoms with Crippen molar-refractivity contribution >= 4 is 22.5 Å². The molecule has 0 amide bonds. The van der Waals surface area contributed by atoms with E-state index in [4.69, 9.17) is 21.1 Å². The fourth-order valence-electron chi connectivity index (χ4n) is 4.52. The van der Waals surface area contributed by atoms with Crippen molar-refractivity contribution in [2.45, 2.75) is 52.2 Å². The van der Waals surface area contributed by atoms with Gasteiger partial charge in [-0.05, 0) is 65.4 Å². The topological polar surface area (TPSA) is 54.6 Å². The summed E-state index contributed by atoms with van der Waals surface area (Å²) in [5.74, 6) is 1.39. The van der Waals surface area contributed by atoms with Gasteiger partial charge in [0.25, 0.3) is 5.56 Å². The average Bonchev–Trinajstić information content (AvgIpc) is 2.87. The van der Waals surface area contributed by atoms with Crippen LogP contribution >= 0.6 is 11.6 Å². The van der Waals surface area contributed by atoms with Crippen molar-refractivity contribution < 1.29 is 9.47 Å². The number of ether oxygens (including phenoxy) is 2. The number of pyridine rings is 1. The first-order chi connectivity index (χ1) is 17.6. The lowest BCUT2D eigenvalue weighted by atomic mass is 9.86. The molecule has 0 radical (unpaired) electrons. The zero-order valence-corrected chi connectivity index (χ0v) is 23.1. The Hall–Kier alpha value is -3.28. The van der Waals surface area contributed by atoms with E-state index in [0.29, 0.717) is 29.4 Å². The number of benzene rings is 3. The summed E-state index contributed by atoms with van der Waals surface area (Å²) in [6, 6.07) is 22.2. The molecule has 1 unspecified atom stereocenters. The molecule has 0 aliphatic carbocycles. The van der Waals surface area contributed by atoms with Crippen LogP contribution in [-0.4, -0.2) is 24.1 Å². The third kappa shape index (κ3) is 6.17. The van der Waals surface area contributed by atoms with Gasteiger partial charge in [0.1, 0.15) is 11.5 Å². The summed E-state index contributed by atoms with van der Waals surface area (Å²) >= 11 is 6.47. The van der Waals surface area contributed by atoms with E-state index in [9.17, 15) is 4.79 Å². The Morgan fingerprint density at radius 2 is 1.65 bits per heavy atom. The SMILES string of the molecule is COc1ccc2[nH]c(=O)c(CN(Cc3ccc(C(C)(C)C)cc3)C(C)c3ccc(OC)c(Cl)c3)cc2c1. The predicted octanol–water partition coefficient (Wildman–Crippen LogP) is 7.26. The lowest BCUT2D eigenvalue weighted by molar-refractivity contribution is 0.191. The molecule has 194 valence electrons. The second-order valence-electron chi connectivity index (χ2n) is 10.5. The number of nitrogens with one attached hydrogen (secondary N) is 1. The van der Waals surface area contributed by atoms with Crippen LogP contribution in [0.4, 0.5) is 0 Å². The highest BCUT2D eigenvalue weighted by atomic mass is 35.5. The molecule has 0 spiro atoms. The van der Waals surface area contributed by atoms with Crippen LogP contribution in [-0.2, 0) is 18.5 Å². The first kappa shape index (κ1) is 26.8. The molecule has 5 nitrogen and oxygen atoms in total. The summed E-state index contributed by atoms with van der Waals surface area (Å²) in [6.07, 6.45) is 0. The lowest BCUT2D eigenvalue weighted by Gasteiger charge is -2.30. The number of aromatic amines is 1. The van der Waals surface area contributed by atoms with Crippen LogP contribution in [0.3, 0.4) is 0 Å². The Bertz CT molecular complexity index is 1440. The third-order valence-corrected chi connectivity index (χ3v) is 7.21. The molecule has 0 bridgehead atoms. The summed E-state index contributed by atoms with van der Waals surface area (Å²) in [5, 5.41) is 1.50. The van der Waals surface area contributed by atoms with Crippen LogP contribution < -0.4 is 15.0 Å². The monoisotopic (exact) mass is 518 g/mol. The molecular weight excluding hydrogens is 484 g/mol. The number of halogens is 1. The summed E-state index contributed by atoms with van der Waals surface area (Å²) in [4.78, 5) is 18.4. The first-order valence-corrected chi connectivity index (χ1v) is 12.8. The van der Waals surface area contributed by atoms with Crippen LogP contribution in [0.25, 0.3) is 10.9 Å². The van der Waals surface area contributed by atoms with Crippen molar-refractivity contribution in [2.75, 3.05) is 14.2 Å². The van der Waals surface area contributed by atoms with Crippen LogP contribution in [0.1, 0.15) is 56.0 Å². The summed E-state index contributed by atoms with van der Waals surface area (Å²) < 4.78 is 10.7. The Labute approximate surface area is 224 Å². The van der Waals surface area contributed by atoms with Crippen molar-refractivity contribution in [1.82, 2.24) is 9.88 Å². The maximum absolute atomic E-state index is 13.1. The summed E-state index contributed by atoms with van der Waals surface area (Å²) in [5.41, 5.74) is 5.00. The predicted molar refractivity (Wildman–Crippen MR) is 152 cm³/mol. The summed E-state index contributed by atoms with van der Waals surface area (Å²) in [7, 11) is 3.25. The summed E-state index contributed by atoms with van der Waals surface area (Å²) in [6.45, 7) is 9.92. The van der Waals surface area contributed by atoms with E-state index in [1.807, 2.05) is 42.5 Å². The Balaban J connectivity index is 1.71. The zero-order chi connectivity index (χ0) is 26.7. The first-order valence-electron chi connectivity index (χ1n) is 12.5. The van der Waals surface area contributed by atoms with E-state index in [-0.39, 0.29) is 17.0 Å². The van der Waals surface area contributed by atoms with E-state index in [0.717, 1.165) is 22.2 Å². The maximum Gasteiger partial charge on any atom is 0.252 e. The van der Waals surface area contributed by atoms with E-state index >= 15 is 0 Å². The number of fused-ring (bicyclic) bond motifs is 1. The molecule has 0 saturated carbocycles. The lowest BCUT2D eigenvalue weighted by Crippen LogP contribution is -2.29. The highest BCUT2D eigenvalue weighted by Crippen LogP contribution is 2.32. The second kappa shape index (κ2) is 11.0. The van der Waals surface area contributed by atoms with Gasteiger partial charge in [0.2, 0.25) is 0 Å². The molecule has 1 N–H and O–H groups in total. The zero-order valence-electron chi connectivity index (χ0n) is 22.4. The van der Waals surface area contributed by atoms with Gasteiger partial charge >= 0.3 is 0 Å². The molecular formula is C31H35ClN2O3. The Kier molecular flexibility index (Phi) is 7.96. The fraction of sp³-hybridized carbons (Fsp3) is 0.323. The van der Waals surface area contributed by atoms with Crippen molar-refractivity contribution in [3.63, 3.8) is 0 Å². The molecule has 1 heterocycles. The van der Waals surface area contributed by atoms with Crippen molar-refractivity contribution in [1.29, 1.82) is 0 Å². The maximum atomic E-state index is 13.1. The number of aromatic nitrogens is 1. The standard InChI is InChI=1S/C31H35ClN2O3/c1-20(22-9-14-29(37-6)27(32)17-22)34(18-21-7-10-25(11-8-21)31(2,3)4)19-24-15-23-16-26(36-5)12-13-28(23)33-30(24)35/h7-17,20H,18-19H2,1-6H3,(H,33,35). The van der Waals surface area contributed by atoms with Gasteiger partial charge in [-0.25, -0.2) is 0 Å². The molecule has 0 aliphatic rings. The van der Waals surface area contributed by atoms with Crippen molar-refractivity contribution in [2.24, 2.45) is 0 Å².